The number of sulfone groups is 1. The van der Waals surface area contributed by atoms with E-state index < -0.39 is 27.6 Å². The Bertz CT molecular complexity index is 600. The van der Waals surface area contributed by atoms with E-state index in [0.29, 0.717) is 6.42 Å². The molecular weight excluding hydrogens is 283 g/mol. The van der Waals surface area contributed by atoms with E-state index in [2.05, 4.69) is 5.32 Å². The zero-order valence-electron chi connectivity index (χ0n) is 11.7. The number of hydrogen-bond donors (Lipinski definition) is 2. The lowest BCUT2D eigenvalue weighted by atomic mass is 10.0. The molecule has 0 heterocycles. The van der Waals surface area contributed by atoms with Crippen LogP contribution in [0.5, 0.6) is 0 Å². The van der Waals surface area contributed by atoms with Crippen LogP contribution < -0.4 is 11.1 Å². The Morgan fingerprint density at radius 1 is 1.40 bits per heavy atom. The molecule has 1 amide bonds. The Morgan fingerprint density at radius 3 is 2.50 bits per heavy atom. The Balaban J connectivity index is 2.95. The molecule has 0 aliphatic carbocycles. The van der Waals surface area contributed by atoms with Crippen molar-refractivity contribution in [1.82, 2.24) is 0 Å². The van der Waals surface area contributed by atoms with Crippen LogP contribution in [0.4, 0.5) is 10.1 Å². The summed E-state index contributed by atoms with van der Waals surface area (Å²) in [4.78, 5) is 11.7. The van der Waals surface area contributed by atoms with E-state index in [1.165, 1.54) is 0 Å². The van der Waals surface area contributed by atoms with Gasteiger partial charge in [-0.2, -0.15) is 0 Å². The highest BCUT2D eigenvalue weighted by molar-refractivity contribution is 7.90. The second-order valence-corrected chi connectivity index (χ2v) is 7.15. The molecule has 0 aromatic heterocycles. The maximum atomic E-state index is 13.6. The minimum Gasteiger partial charge on any atom is -0.322 e. The average molecular weight is 302 g/mol. The monoisotopic (exact) mass is 302 g/mol. The Morgan fingerprint density at radius 2 is 2.00 bits per heavy atom. The number of anilines is 1. The minimum atomic E-state index is -3.47. The van der Waals surface area contributed by atoms with Crippen molar-refractivity contribution in [2.75, 3.05) is 11.6 Å². The average Bonchev–Trinajstić information content (AvgIpc) is 2.29. The summed E-state index contributed by atoms with van der Waals surface area (Å²) < 4.78 is 36.4. The van der Waals surface area contributed by atoms with Gasteiger partial charge in [-0.05, 0) is 30.5 Å². The summed E-state index contributed by atoms with van der Waals surface area (Å²) in [5.74, 6) is -1.02. The predicted molar refractivity (Wildman–Crippen MR) is 75.6 cm³/mol. The highest BCUT2D eigenvalue weighted by Crippen LogP contribution is 2.20. The van der Waals surface area contributed by atoms with Gasteiger partial charge in [-0.25, -0.2) is 12.8 Å². The SMILES string of the molecule is CC(C)CC(N)C(=O)Nc1cc(S(C)(=O)=O)ccc1F. The van der Waals surface area contributed by atoms with E-state index in [1.54, 1.807) is 0 Å². The van der Waals surface area contributed by atoms with Gasteiger partial charge in [0.05, 0.1) is 16.6 Å². The first kappa shape index (κ1) is 16.6. The van der Waals surface area contributed by atoms with Crippen molar-refractivity contribution >= 4 is 21.4 Å². The summed E-state index contributed by atoms with van der Waals surface area (Å²) in [6.07, 6.45) is 1.47. The third kappa shape index (κ3) is 4.57. The summed E-state index contributed by atoms with van der Waals surface area (Å²) in [5, 5.41) is 2.32. The van der Waals surface area contributed by atoms with Crippen molar-refractivity contribution in [2.45, 2.75) is 31.2 Å². The molecule has 7 heteroatoms. The predicted octanol–water partition coefficient (Wildman–Crippen LogP) is 1.54. The molecule has 0 saturated heterocycles. The van der Waals surface area contributed by atoms with E-state index >= 15 is 0 Å². The molecule has 1 atom stereocenters. The molecule has 1 rings (SSSR count). The molecule has 1 aromatic rings. The number of nitrogens with one attached hydrogen (secondary N) is 1. The van der Waals surface area contributed by atoms with Crippen molar-refractivity contribution in [3.63, 3.8) is 0 Å². The van der Waals surface area contributed by atoms with Gasteiger partial charge in [0.25, 0.3) is 0 Å². The lowest BCUT2D eigenvalue weighted by Crippen LogP contribution is -2.36. The second-order valence-electron chi connectivity index (χ2n) is 5.14. The summed E-state index contributed by atoms with van der Waals surface area (Å²) in [5.41, 5.74) is 5.50. The molecule has 0 bridgehead atoms. The molecule has 3 N–H and O–H groups in total. The largest absolute Gasteiger partial charge is 0.322 e. The van der Waals surface area contributed by atoms with Crippen LogP contribution in [-0.2, 0) is 14.6 Å². The molecule has 112 valence electrons. The van der Waals surface area contributed by atoms with Gasteiger partial charge in [0.15, 0.2) is 9.84 Å². The van der Waals surface area contributed by atoms with Gasteiger partial charge in [0.1, 0.15) is 5.82 Å². The van der Waals surface area contributed by atoms with Gasteiger partial charge in [0, 0.05) is 6.26 Å². The van der Waals surface area contributed by atoms with Crippen LogP contribution in [-0.4, -0.2) is 26.6 Å². The van der Waals surface area contributed by atoms with Gasteiger partial charge >= 0.3 is 0 Å². The van der Waals surface area contributed by atoms with Crippen molar-refractivity contribution < 1.29 is 17.6 Å². The third-order valence-electron chi connectivity index (χ3n) is 2.69. The van der Waals surface area contributed by atoms with Gasteiger partial charge in [0.2, 0.25) is 5.91 Å². The van der Waals surface area contributed by atoms with Crippen LogP contribution in [0.25, 0.3) is 0 Å². The quantitative estimate of drug-likeness (QED) is 0.807. The van der Waals surface area contributed by atoms with Crippen molar-refractivity contribution in [3.05, 3.63) is 24.0 Å². The number of nitrogens with two attached hydrogens (primary N) is 1. The normalized spacial score (nSPS) is 13.3. The maximum Gasteiger partial charge on any atom is 0.241 e. The smallest absolute Gasteiger partial charge is 0.241 e. The fourth-order valence-electron chi connectivity index (χ4n) is 1.67. The molecule has 0 saturated carbocycles. The topological polar surface area (TPSA) is 89.3 Å². The Labute approximate surface area is 118 Å². The Kier molecular flexibility index (Phi) is 5.24. The van der Waals surface area contributed by atoms with Gasteiger partial charge in [-0.15, -0.1) is 0 Å². The molecule has 1 aromatic carbocycles. The first-order chi connectivity index (χ1) is 9.11. The zero-order valence-corrected chi connectivity index (χ0v) is 12.5. The molecule has 0 radical (unpaired) electrons. The summed E-state index contributed by atoms with van der Waals surface area (Å²) in [7, 11) is -3.47. The standard InChI is InChI=1S/C13H19FN2O3S/c1-8(2)6-11(15)13(17)16-12-7-9(20(3,18)19)4-5-10(12)14/h4-5,7-8,11H,6,15H2,1-3H3,(H,16,17). The van der Waals surface area contributed by atoms with E-state index in [9.17, 15) is 17.6 Å². The Hall–Kier alpha value is -1.47. The summed E-state index contributed by atoms with van der Waals surface area (Å²) >= 11 is 0. The number of hydrogen-bond acceptors (Lipinski definition) is 4. The fraction of sp³-hybridized carbons (Fsp3) is 0.462. The molecular formula is C13H19FN2O3S. The van der Waals surface area contributed by atoms with Crippen molar-refractivity contribution in [1.29, 1.82) is 0 Å². The number of benzene rings is 1. The minimum absolute atomic E-state index is 0.0633. The maximum absolute atomic E-state index is 13.6. The van der Waals surface area contributed by atoms with Crippen LogP contribution in [0.2, 0.25) is 0 Å². The van der Waals surface area contributed by atoms with E-state index in [1.807, 2.05) is 13.8 Å². The van der Waals surface area contributed by atoms with Crippen LogP contribution in [0.3, 0.4) is 0 Å². The second kappa shape index (κ2) is 6.32. The number of rotatable bonds is 5. The molecule has 1 unspecified atom stereocenters. The number of halogens is 1. The molecule has 0 aliphatic rings. The zero-order chi connectivity index (χ0) is 15.5. The molecule has 0 aliphatic heterocycles. The van der Waals surface area contributed by atoms with E-state index in [4.69, 9.17) is 5.73 Å². The molecule has 0 spiro atoms. The number of carbonyl (C=O) groups excluding carboxylic acids is 1. The van der Waals surface area contributed by atoms with E-state index in [-0.39, 0.29) is 16.5 Å². The summed E-state index contributed by atoms with van der Waals surface area (Å²) in [6, 6.07) is 2.47. The highest BCUT2D eigenvalue weighted by atomic mass is 32.2. The summed E-state index contributed by atoms with van der Waals surface area (Å²) in [6.45, 7) is 3.83. The van der Waals surface area contributed by atoms with Crippen molar-refractivity contribution in [2.24, 2.45) is 11.7 Å². The first-order valence-corrected chi connectivity index (χ1v) is 8.06. The van der Waals surface area contributed by atoms with Gasteiger partial charge in [-0.3, -0.25) is 4.79 Å². The van der Waals surface area contributed by atoms with Crippen LogP contribution in [0.1, 0.15) is 20.3 Å². The van der Waals surface area contributed by atoms with Crippen LogP contribution in [0.15, 0.2) is 23.1 Å². The lowest BCUT2D eigenvalue weighted by molar-refractivity contribution is -0.117. The molecule has 20 heavy (non-hydrogen) atoms. The molecule has 5 nitrogen and oxygen atoms in total. The third-order valence-corrected chi connectivity index (χ3v) is 3.80. The molecule has 0 fully saturated rings. The first-order valence-electron chi connectivity index (χ1n) is 6.17. The van der Waals surface area contributed by atoms with Crippen molar-refractivity contribution in [3.8, 4) is 0 Å². The highest BCUT2D eigenvalue weighted by Gasteiger charge is 2.18. The number of carbonyl (C=O) groups is 1. The lowest BCUT2D eigenvalue weighted by Gasteiger charge is -2.15. The fourth-order valence-corrected chi connectivity index (χ4v) is 2.32. The number of amides is 1. The van der Waals surface area contributed by atoms with E-state index in [0.717, 1.165) is 24.5 Å². The van der Waals surface area contributed by atoms with Crippen LogP contribution in [0, 0.1) is 11.7 Å². The van der Waals surface area contributed by atoms with Crippen LogP contribution >= 0.6 is 0 Å². The van der Waals surface area contributed by atoms with Gasteiger partial charge in [-0.1, -0.05) is 13.8 Å². The van der Waals surface area contributed by atoms with Gasteiger partial charge < -0.3 is 11.1 Å².